The first kappa shape index (κ1) is 13.9. The van der Waals surface area contributed by atoms with Crippen LogP contribution in [0.4, 0.5) is 0 Å². The quantitative estimate of drug-likeness (QED) is 0.819. The van der Waals surface area contributed by atoms with Crippen molar-refractivity contribution in [2.45, 2.75) is 57.1 Å². The predicted molar refractivity (Wildman–Crippen MR) is 74.1 cm³/mol. The van der Waals surface area contributed by atoms with Gasteiger partial charge in [-0.2, -0.15) is 0 Å². The van der Waals surface area contributed by atoms with Crippen LogP contribution in [0.1, 0.15) is 44.9 Å². The van der Waals surface area contributed by atoms with Gasteiger partial charge in [0.25, 0.3) is 0 Å². The Kier molecular flexibility index (Phi) is 4.24. The molecule has 1 N–H and O–H groups in total. The molecule has 2 amide bonds. The number of ether oxygens (including phenoxy) is 1. The van der Waals surface area contributed by atoms with Crippen molar-refractivity contribution in [3.05, 3.63) is 0 Å². The minimum absolute atomic E-state index is 0.0249. The van der Waals surface area contributed by atoms with E-state index < -0.39 is 0 Å². The lowest BCUT2D eigenvalue weighted by molar-refractivity contribution is -0.134. The minimum atomic E-state index is -0.257. The number of rotatable bonds is 5. The highest BCUT2D eigenvalue weighted by Gasteiger charge is 2.40. The third kappa shape index (κ3) is 3.32. The third-order valence-corrected chi connectivity index (χ3v) is 4.57. The van der Waals surface area contributed by atoms with Crippen LogP contribution in [0.25, 0.3) is 0 Å². The molecule has 0 aromatic heterocycles. The maximum atomic E-state index is 12.5. The second-order valence-electron chi connectivity index (χ2n) is 6.24. The molecule has 2 saturated heterocycles. The van der Waals surface area contributed by atoms with E-state index in [1.807, 2.05) is 4.90 Å². The number of nitrogens with one attached hydrogen (secondary N) is 1. The SMILES string of the molecule is O=C1CCN(CCCC2CCCO2)C(=O)C(C2CC2)N1. The molecule has 20 heavy (non-hydrogen) atoms. The summed E-state index contributed by atoms with van der Waals surface area (Å²) in [5.41, 5.74) is 0. The Hall–Kier alpha value is -1.10. The van der Waals surface area contributed by atoms with Crippen LogP contribution in [0.15, 0.2) is 0 Å². The van der Waals surface area contributed by atoms with Crippen LogP contribution in [-0.2, 0) is 14.3 Å². The van der Waals surface area contributed by atoms with E-state index in [9.17, 15) is 9.59 Å². The first-order valence-electron chi connectivity index (χ1n) is 7.94. The lowest BCUT2D eigenvalue weighted by Gasteiger charge is -2.24. The Balaban J connectivity index is 1.50. The van der Waals surface area contributed by atoms with Crippen molar-refractivity contribution in [1.82, 2.24) is 10.2 Å². The molecule has 2 heterocycles. The van der Waals surface area contributed by atoms with Gasteiger partial charge in [-0.25, -0.2) is 0 Å². The lowest BCUT2D eigenvalue weighted by Crippen LogP contribution is -2.46. The van der Waals surface area contributed by atoms with E-state index in [1.54, 1.807) is 0 Å². The zero-order chi connectivity index (χ0) is 13.9. The van der Waals surface area contributed by atoms with Gasteiger partial charge in [0.1, 0.15) is 6.04 Å². The molecule has 0 bridgehead atoms. The maximum Gasteiger partial charge on any atom is 0.245 e. The summed E-state index contributed by atoms with van der Waals surface area (Å²) in [5.74, 6) is 0.535. The summed E-state index contributed by atoms with van der Waals surface area (Å²) in [4.78, 5) is 26.1. The van der Waals surface area contributed by atoms with Crippen LogP contribution in [0.2, 0.25) is 0 Å². The van der Waals surface area contributed by atoms with Crippen LogP contribution in [0.5, 0.6) is 0 Å². The van der Waals surface area contributed by atoms with E-state index in [1.165, 1.54) is 0 Å². The second kappa shape index (κ2) is 6.12. The van der Waals surface area contributed by atoms with E-state index in [0.29, 0.717) is 25.0 Å². The van der Waals surface area contributed by atoms with Gasteiger partial charge in [0, 0.05) is 26.1 Å². The van der Waals surface area contributed by atoms with Gasteiger partial charge >= 0.3 is 0 Å². The third-order valence-electron chi connectivity index (χ3n) is 4.57. The average Bonchev–Trinajstić information content (AvgIpc) is 3.17. The molecule has 0 aromatic rings. The number of carbonyl (C=O) groups excluding carboxylic acids is 2. The van der Waals surface area contributed by atoms with Gasteiger partial charge in [-0.05, 0) is 44.4 Å². The number of amides is 2. The van der Waals surface area contributed by atoms with Crippen LogP contribution in [-0.4, -0.2) is 48.6 Å². The molecule has 3 rings (SSSR count). The lowest BCUT2D eigenvalue weighted by atomic mass is 10.1. The van der Waals surface area contributed by atoms with Crippen molar-refractivity contribution >= 4 is 11.8 Å². The fourth-order valence-electron chi connectivity index (χ4n) is 3.20. The molecule has 2 unspecified atom stereocenters. The molecular weight excluding hydrogens is 256 g/mol. The largest absolute Gasteiger partial charge is 0.378 e. The topological polar surface area (TPSA) is 58.6 Å². The van der Waals surface area contributed by atoms with E-state index in [0.717, 1.165) is 51.7 Å². The molecule has 1 aliphatic carbocycles. The first-order chi connectivity index (χ1) is 9.74. The van der Waals surface area contributed by atoms with Crippen molar-refractivity contribution in [3.63, 3.8) is 0 Å². The van der Waals surface area contributed by atoms with Gasteiger partial charge in [0.15, 0.2) is 0 Å². The summed E-state index contributed by atoms with van der Waals surface area (Å²) < 4.78 is 5.61. The Morgan fingerprint density at radius 1 is 1.25 bits per heavy atom. The zero-order valence-corrected chi connectivity index (χ0v) is 12.0. The monoisotopic (exact) mass is 280 g/mol. The molecule has 0 radical (unpaired) electrons. The Bertz CT molecular complexity index is 375. The van der Waals surface area contributed by atoms with Crippen LogP contribution in [0.3, 0.4) is 0 Å². The standard InChI is InChI=1S/C15H24N2O3/c18-13-7-9-17(8-1-3-12-4-2-10-20-12)15(19)14(16-13)11-5-6-11/h11-12,14H,1-10H2,(H,16,18). The summed E-state index contributed by atoms with van der Waals surface area (Å²) >= 11 is 0. The maximum absolute atomic E-state index is 12.5. The van der Waals surface area contributed by atoms with Crippen LogP contribution in [0, 0.1) is 5.92 Å². The van der Waals surface area contributed by atoms with Gasteiger partial charge in [-0.1, -0.05) is 0 Å². The van der Waals surface area contributed by atoms with Crippen LogP contribution >= 0.6 is 0 Å². The molecule has 112 valence electrons. The summed E-state index contributed by atoms with van der Waals surface area (Å²) in [6, 6.07) is -0.257. The fourth-order valence-corrected chi connectivity index (χ4v) is 3.20. The average molecular weight is 280 g/mol. The number of nitrogens with zero attached hydrogens (tertiary/aromatic N) is 1. The molecule has 0 aromatic carbocycles. The Morgan fingerprint density at radius 2 is 2.10 bits per heavy atom. The predicted octanol–water partition coefficient (Wildman–Crippen LogP) is 1.07. The Labute approximate surface area is 120 Å². The molecule has 3 aliphatic rings. The fraction of sp³-hybridized carbons (Fsp3) is 0.867. The van der Waals surface area contributed by atoms with Gasteiger partial charge in [-0.15, -0.1) is 0 Å². The summed E-state index contributed by atoms with van der Waals surface area (Å²) in [6.07, 6.45) is 7.28. The molecule has 2 atom stereocenters. The highest BCUT2D eigenvalue weighted by Crippen LogP contribution is 2.34. The van der Waals surface area contributed by atoms with E-state index in [2.05, 4.69) is 5.32 Å². The summed E-state index contributed by atoms with van der Waals surface area (Å²) in [7, 11) is 0. The van der Waals surface area contributed by atoms with Gasteiger partial charge in [-0.3, -0.25) is 9.59 Å². The molecule has 5 nitrogen and oxygen atoms in total. The number of carbonyl (C=O) groups is 2. The van der Waals surface area contributed by atoms with Crippen LogP contribution < -0.4 is 5.32 Å². The number of hydrogen-bond acceptors (Lipinski definition) is 3. The molecule has 5 heteroatoms. The van der Waals surface area contributed by atoms with Gasteiger partial charge in [0.05, 0.1) is 6.10 Å². The summed E-state index contributed by atoms with van der Waals surface area (Å²) in [6.45, 7) is 2.21. The molecule has 3 fully saturated rings. The zero-order valence-electron chi connectivity index (χ0n) is 12.0. The molecule has 2 aliphatic heterocycles. The van der Waals surface area contributed by atoms with Crippen molar-refractivity contribution in [3.8, 4) is 0 Å². The molecule has 0 spiro atoms. The minimum Gasteiger partial charge on any atom is -0.378 e. The normalized spacial score (nSPS) is 31.3. The smallest absolute Gasteiger partial charge is 0.245 e. The van der Waals surface area contributed by atoms with Gasteiger partial charge < -0.3 is 15.0 Å². The van der Waals surface area contributed by atoms with E-state index >= 15 is 0 Å². The van der Waals surface area contributed by atoms with E-state index in [4.69, 9.17) is 4.74 Å². The van der Waals surface area contributed by atoms with Crippen molar-refractivity contribution in [2.24, 2.45) is 5.92 Å². The second-order valence-corrected chi connectivity index (χ2v) is 6.24. The highest BCUT2D eigenvalue weighted by atomic mass is 16.5. The summed E-state index contributed by atoms with van der Waals surface area (Å²) in [5, 5.41) is 2.90. The first-order valence-corrected chi connectivity index (χ1v) is 7.94. The van der Waals surface area contributed by atoms with Crippen molar-refractivity contribution < 1.29 is 14.3 Å². The van der Waals surface area contributed by atoms with Crippen molar-refractivity contribution in [2.75, 3.05) is 19.7 Å². The van der Waals surface area contributed by atoms with Crippen molar-refractivity contribution in [1.29, 1.82) is 0 Å². The number of hydrogen-bond donors (Lipinski definition) is 1. The highest BCUT2D eigenvalue weighted by molar-refractivity contribution is 5.90. The Morgan fingerprint density at radius 3 is 2.80 bits per heavy atom. The molecular formula is C15H24N2O3. The molecule has 1 saturated carbocycles. The van der Waals surface area contributed by atoms with Gasteiger partial charge in [0.2, 0.25) is 11.8 Å². The van der Waals surface area contributed by atoms with E-state index in [-0.39, 0.29) is 17.9 Å².